The van der Waals surface area contributed by atoms with Gasteiger partial charge in [-0.2, -0.15) is 0 Å². The quantitative estimate of drug-likeness (QED) is 0.0712. The van der Waals surface area contributed by atoms with Crippen LogP contribution in [-0.2, 0) is 63.0 Å². The molecule has 9 heteroatoms. The van der Waals surface area contributed by atoms with Crippen molar-refractivity contribution in [2.45, 2.75) is 76.7 Å². The number of hydrogen-bond donors (Lipinski definition) is 0. The Labute approximate surface area is 372 Å². The Hall–Kier alpha value is -4.02. The van der Waals surface area contributed by atoms with Gasteiger partial charge in [0.15, 0.2) is 5.75 Å². The maximum absolute atomic E-state index is 7.30. The van der Waals surface area contributed by atoms with Gasteiger partial charge in [0.1, 0.15) is 37.1 Å². The summed E-state index contributed by atoms with van der Waals surface area (Å²) >= 11 is 17.4. The Morgan fingerprint density at radius 1 is 0.583 bits per heavy atom. The van der Waals surface area contributed by atoms with Gasteiger partial charge in [-0.1, -0.05) is 164 Å². The lowest BCUT2D eigenvalue weighted by atomic mass is 9.89. The van der Waals surface area contributed by atoms with Gasteiger partial charge in [0.2, 0.25) is 0 Å². The van der Waals surface area contributed by atoms with Crippen molar-refractivity contribution in [3.63, 3.8) is 0 Å². The predicted octanol–water partition coefficient (Wildman–Crippen LogP) is 12.3. The molecule has 0 amide bonds. The highest BCUT2D eigenvalue weighted by Crippen LogP contribution is 2.47. The summed E-state index contributed by atoms with van der Waals surface area (Å²) in [4.78, 5) is 0. The van der Waals surface area contributed by atoms with Gasteiger partial charge in [-0.25, -0.2) is 0 Å². The fourth-order valence-electron chi connectivity index (χ4n) is 7.44. The van der Waals surface area contributed by atoms with Crippen LogP contribution >= 0.6 is 39.1 Å². The van der Waals surface area contributed by atoms with E-state index in [1.54, 1.807) is 0 Å². The van der Waals surface area contributed by atoms with Gasteiger partial charge in [0.05, 0.1) is 48.4 Å². The molecule has 5 atom stereocenters. The van der Waals surface area contributed by atoms with Gasteiger partial charge in [0, 0.05) is 5.56 Å². The van der Waals surface area contributed by atoms with E-state index in [9.17, 15) is 0 Å². The summed E-state index contributed by atoms with van der Waals surface area (Å²) in [5.74, 6) is 0.793. The van der Waals surface area contributed by atoms with Crippen molar-refractivity contribution in [2.24, 2.45) is 0 Å². The highest BCUT2D eigenvalue weighted by Gasteiger charge is 2.50. The third-order valence-corrected chi connectivity index (χ3v) is 12.0. The molecule has 0 spiro atoms. The van der Waals surface area contributed by atoms with Crippen LogP contribution in [0, 0.1) is 0 Å². The number of halogens is 3. The van der Waals surface area contributed by atoms with Crippen molar-refractivity contribution in [3.8, 4) is 5.75 Å². The summed E-state index contributed by atoms with van der Waals surface area (Å²) in [6.07, 6.45) is -1.57. The van der Waals surface area contributed by atoms with Gasteiger partial charge in [-0.15, -0.1) is 11.6 Å². The van der Waals surface area contributed by atoms with Crippen LogP contribution in [0.2, 0.25) is 5.02 Å². The fourth-order valence-corrected chi connectivity index (χ4v) is 8.56. The topological polar surface area (TPSA) is 55.4 Å². The van der Waals surface area contributed by atoms with E-state index in [0.29, 0.717) is 54.0 Å². The largest absolute Gasteiger partial charge is 0.490 e. The molecule has 312 valence electrons. The van der Waals surface area contributed by atoms with Gasteiger partial charge in [-0.3, -0.25) is 0 Å². The summed E-state index contributed by atoms with van der Waals surface area (Å²) < 4.78 is 41.8. The first-order valence-corrected chi connectivity index (χ1v) is 22.2. The molecule has 1 aliphatic rings. The van der Waals surface area contributed by atoms with Crippen molar-refractivity contribution < 1.29 is 28.4 Å². The second kappa shape index (κ2) is 22.7. The maximum atomic E-state index is 7.30. The molecule has 6 aromatic carbocycles. The third kappa shape index (κ3) is 11.9. The maximum Gasteiger partial charge on any atom is 0.152 e. The minimum Gasteiger partial charge on any atom is -0.490 e. The molecular formula is C51H51BrCl2O6. The molecule has 1 aliphatic heterocycles. The molecule has 0 bridgehead atoms. The zero-order valence-electron chi connectivity index (χ0n) is 33.8. The van der Waals surface area contributed by atoms with Crippen molar-refractivity contribution in [3.05, 3.63) is 206 Å². The van der Waals surface area contributed by atoms with Crippen molar-refractivity contribution >= 4 is 39.1 Å². The second-order valence-corrected chi connectivity index (χ2v) is 16.4. The molecule has 6 aromatic rings. The molecule has 0 aromatic heterocycles. The summed E-state index contributed by atoms with van der Waals surface area (Å²) in [6.45, 7) is 4.05. The summed E-state index contributed by atoms with van der Waals surface area (Å²) in [5, 5.41) is 0.511. The number of ether oxygens (including phenoxy) is 6. The first-order chi connectivity index (χ1) is 29.5. The monoisotopic (exact) mass is 908 g/mol. The Balaban J connectivity index is 1.33. The average molecular weight is 911 g/mol. The van der Waals surface area contributed by atoms with Crippen LogP contribution in [0.15, 0.2) is 156 Å². The highest BCUT2D eigenvalue weighted by atomic mass is 79.9. The SMILES string of the molecule is CCc1ccc(Cc2cc(C3O[C@H](COCc4ccccc4)[C@@H](OCc4ccccc4)[C@H](OCc4ccccc4)[C@H]3OCc3ccccc3)c(Br)c(OCCCl)c2Cl)cc1. The third-order valence-electron chi connectivity index (χ3n) is 10.6. The van der Waals surface area contributed by atoms with Crippen LogP contribution < -0.4 is 4.74 Å². The molecule has 0 aliphatic carbocycles. The van der Waals surface area contributed by atoms with Crippen LogP contribution in [0.1, 0.15) is 57.5 Å². The van der Waals surface area contributed by atoms with E-state index in [4.69, 9.17) is 51.6 Å². The van der Waals surface area contributed by atoms with E-state index in [-0.39, 0.29) is 13.2 Å². The van der Waals surface area contributed by atoms with E-state index in [2.05, 4.69) is 102 Å². The summed E-state index contributed by atoms with van der Waals surface area (Å²) in [7, 11) is 0. The van der Waals surface area contributed by atoms with Gasteiger partial charge in [-0.05, 0) is 73.8 Å². The van der Waals surface area contributed by atoms with Crippen LogP contribution in [0.5, 0.6) is 5.75 Å². The molecule has 0 N–H and O–H groups in total. The lowest BCUT2D eigenvalue weighted by Gasteiger charge is -2.47. The van der Waals surface area contributed by atoms with Crippen LogP contribution in [0.25, 0.3) is 0 Å². The first-order valence-electron chi connectivity index (χ1n) is 20.5. The highest BCUT2D eigenvalue weighted by molar-refractivity contribution is 9.10. The standard InChI is InChI=1S/C51H51BrCl2O6/c1-2-36-23-25-37(26-24-36)29-42-30-43(45(52)49(46(42)54)56-28-27-53)47-50(58-33-40-19-11-5-12-20-40)51(59-34-41-21-13-6-14-22-41)48(57-32-39-17-9-4-10-18-39)44(60-47)35-55-31-38-15-7-3-8-16-38/h3-26,30,44,47-48,50-51H,2,27-29,31-35H2,1H3/t44-,47?,48-,50+,51+/m1/s1. The van der Waals surface area contributed by atoms with Crippen molar-refractivity contribution in [2.75, 3.05) is 19.1 Å². The Morgan fingerprint density at radius 3 is 1.58 bits per heavy atom. The fraction of sp³-hybridized carbons (Fsp3) is 0.294. The van der Waals surface area contributed by atoms with E-state index >= 15 is 0 Å². The molecule has 60 heavy (non-hydrogen) atoms. The Morgan fingerprint density at radius 2 is 1.07 bits per heavy atom. The zero-order chi connectivity index (χ0) is 41.5. The van der Waals surface area contributed by atoms with Crippen molar-refractivity contribution in [1.82, 2.24) is 0 Å². The first kappa shape index (κ1) is 44.0. The minimum atomic E-state index is -0.678. The average Bonchev–Trinajstić information content (AvgIpc) is 3.29. The van der Waals surface area contributed by atoms with Crippen LogP contribution in [-0.4, -0.2) is 43.5 Å². The summed E-state index contributed by atoms with van der Waals surface area (Å²) in [6, 6.07) is 51.3. The lowest BCUT2D eigenvalue weighted by molar-refractivity contribution is -0.275. The van der Waals surface area contributed by atoms with E-state index in [1.165, 1.54) is 5.56 Å². The van der Waals surface area contributed by atoms with Crippen LogP contribution in [0.3, 0.4) is 0 Å². The van der Waals surface area contributed by atoms with E-state index < -0.39 is 30.5 Å². The predicted molar refractivity (Wildman–Crippen MR) is 243 cm³/mol. The number of benzene rings is 6. The number of rotatable bonds is 20. The van der Waals surface area contributed by atoms with Gasteiger partial charge < -0.3 is 28.4 Å². The lowest BCUT2D eigenvalue weighted by Crippen LogP contribution is -2.58. The smallest absolute Gasteiger partial charge is 0.152 e. The number of alkyl halides is 1. The Bertz CT molecular complexity index is 2180. The molecular weight excluding hydrogens is 859 g/mol. The second-order valence-electron chi connectivity index (χ2n) is 14.8. The molecule has 0 saturated carbocycles. The molecule has 1 fully saturated rings. The van der Waals surface area contributed by atoms with Gasteiger partial charge >= 0.3 is 0 Å². The van der Waals surface area contributed by atoms with Gasteiger partial charge in [0.25, 0.3) is 0 Å². The molecule has 7 rings (SSSR count). The van der Waals surface area contributed by atoms with Crippen molar-refractivity contribution in [1.29, 1.82) is 0 Å². The molecule has 1 unspecified atom stereocenters. The minimum absolute atomic E-state index is 0.235. The normalized spacial score (nSPS) is 19.0. The van der Waals surface area contributed by atoms with E-state index in [1.807, 2.05) is 72.8 Å². The van der Waals surface area contributed by atoms with E-state index in [0.717, 1.165) is 45.4 Å². The molecule has 6 nitrogen and oxygen atoms in total. The molecule has 1 saturated heterocycles. The molecule has 0 radical (unpaired) electrons. The zero-order valence-corrected chi connectivity index (χ0v) is 36.9. The Kier molecular flexibility index (Phi) is 16.7. The van der Waals surface area contributed by atoms with Crippen LogP contribution in [0.4, 0.5) is 0 Å². The summed E-state index contributed by atoms with van der Waals surface area (Å²) in [5.41, 5.74) is 8.23. The number of hydrogen-bond acceptors (Lipinski definition) is 6. The molecule has 1 heterocycles. The number of aryl methyl sites for hydroxylation is 1.